The minimum atomic E-state index is -0.829. The molecule has 0 radical (unpaired) electrons. The zero-order valence-electron chi connectivity index (χ0n) is 11.0. The van der Waals surface area contributed by atoms with Gasteiger partial charge in [-0.2, -0.15) is 0 Å². The highest BCUT2D eigenvalue weighted by molar-refractivity contribution is 5.84. The van der Waals surface area contributed by atoms with Crippen LogP contribution in [0.15, 0.2) is 18.2 Å². The first-order valence-corrected chi connectivity index (χ1v) is 6.09. The van der Waals surface area contributed by atoms with Gasteiger partial charge in [-0.05, 0) is 44.0 Å². The number of carbonyl (C=O) groups is 1. The van der Waals surface area contributed by atoms with Crippen LogP contribution < -0.4 is 0 Å². The lowest BCUT2D eigenvalue weighted by Crippen LogP contribution is -2.29. The van der Waals surface area contributed by atoms with Gasteiger partial charge in [-0.3, -0.25) is 4.79 Å². The second kappa shape index (κ2) is 7.24. The minimum Gasteiger partial charge on any atom is -0.346 e. The third-order valence-corrected chi connectivity index (χ3v) is 2.57. The average molecular weight is 254 g/mol. The van der Waals surface area contributed by atoms with E-state index in [0.717, 1.165) is 11.1 Å². The Labute approximate surface area is 107 Å². The van der Waals surface area contributed by atoms with E-state index in [4.69, 9.17) is 9.47 Å². The molecule has 1 aromatic carbocycles. The van der Waals surface area contributed by atoms with Crippen LogP contribution in [0.4, 0.5) is 4.39 Å². The van der Waals surface area contributed by atoms with Gasteiger partial charge in [0.05, 0.1) is 0 Å². The van der Waals surface area contributed by atoms with Gasteiger partial charge in [0.25, 0.3) is 0 Å². The van der Waals surface area contributed by atoms with E-state index in [9.17, 15) is 9.18 Å². The number of Topliss-reactive ketones (excluding diaryl/α,β-unsaturated/α-hetero) is 1. The standard InChI is InChI=1S/C14H19FO3/c1-4-17-14(18-5-2)13(16)9-11-6-7-12(15)8-10(11)3/h6-8,14H,4-5,9H2,1-3H3. The predicted molar refractivity (Wildman–Crippen MR) is 66.9 cm³/mol. The Kier molecular flexibility index (Phi) is 5.95. The lowest BCUT2D eigenvalue weighted by Gasteiger charge is -2.16. The Morgan fingerprint density at radius 3 is 2.39 bits per heavy atom. The summed E-state index contributed by atoms with van der Waals surface area (Å²) in [6, 6.07) is 4.39. The van der Waals surface area contributed by atoms with Crippen molar-refractivity contribution in [2.75, 3.05) is 13.2 Å². The molecule has 0 N–H and O–H groups in total. The fourth-order valence-corrected chi connectivity index (χ4v) is 1.67. The van der Waals surface area contributed by atoms with Gasteiger partial charge in [-0.1, -0.05) is 6.07 Å². The third kappa shape index (κ3) is 4.20. The summed E-state index contributed by atoms with van der Waals surface area (Å²) in [5.41, 5.74) is 1.56. The number of halogens is 1. The summed E-state index contributed by atoms with van der Waals surface area (Å²) in [7, 11) is 0. The van der Waals surface area contributed by atoms with Crippen molar-refractivity contribution in [3.63, 3.8) is 0 Å². The lowest BCUT2D eigenvalue weighted by molar-refractivity contribution is -0.167. The SMILES string of the molecule is CCOC(OCC)C(=O)Cc1ccc(F)cc1C. The molecular weight excluding hydrogens is 235 g/mol. The number of carbonyl (C=O) groups excluding carboxylic acids is 1. The predicted octanol–water partition coefficient (Wildman–Crippen LogP) is 2.64. The number of benzene rings is 1. The number of hydrogen-bond acceptors (Lipinski definition) is 3. The summed E-state index contributed by atoms with van der Waals surface area (Å²) in [6.45, 7) is 6.23. The molecule has 3 nitrogen and oxygen atoms in total. The van der Waals surface area contributed by atoms with Crippen LogP contribution in [0, 0.1) is 12.7 Å². The van der Waals surface area contributed by atoms with Gasteiger partial charge in [0, 0.05) is 19.6 Å². The summed E-state index contributed by atoms with van der Waals surface area (Å²) < 4.78 is 23.4. The van der Waals surface area contributed by atoms with E-state index < -0.39 is 6.29 Å². The molecule has 0 spiro atoms. The quantitative estimate of drug-likeness (QED) is 0.702. The van der Waals surface area contributed by atoms with Gasteiger partial charge in [0.1, 0.15) is 5.82 Å². The van der Waals surface area contributed by atoms with Gasteiger partial charge in [0.2, 0.25) is 6.29 Å². The summed E-state index contributed by atoms with van der Waals surface area (Å²) >= 11 is 0. The van der Waals surface area contributed by atoms with E-state index in [0.29, 0.717) is 13.2 Å². The summed E-state index contributed by atoms with van der Waals surface area (Å²) in [5.74, 6) is -0.441. The molecule has 18 heavy (non-hydrogen) atoms. The number of ether oxygens (including phenoxy) is 2. The first kappa shape index (κ1) is 14.8. The van der Waals surface area contributed by atoms with Gasteiger partial charge >= 0.3 is 0 Å². The zero-order chi connectivity index (χ0) is 13.5. The first-order valence-electron chi connectivity index (χ1n) is 6.09. The van der Waals surface area contributed by atoms with E-state index in [1.807, 2.05) is 13.8 Å². The molecule has 0 atom stereocenters. The molecule has 0 unspecified atom stereocenters. The Bertz CT molecular complexity index is 398. The monoisotopic (exact) mass is 254 g/mol. The average Bonchev–Trinajstić information content (AvgIpc) is 2.32. The van der Waals surface area contributed by atoms with Gasteiger partial charge in [-0.15, -0.1) is 0 Å². The van der Waals surface area contributed by atoms with Crippen LogP contribution in [0.25, 0.3) is 0 Å². The molecule has 0 fully saturated rings. The molecule has 0 saturated carbocycles. The van der Waals surface area contributed by atoms with Crippen LogP contribution in [0.3, 0.4) is 0 Å². The Hall–Kier alpha value is -1.26. The molecular formula is C14H19FO3. The molecule has 4 heteroatoms. The van der Waals surface area contributed by atoms with Crippen molar-refractivity contribution in [2.24, 2.45) is 0 Å². The van der Waals surface area contributed by atoms with E-state index in [2.05, 4.69) is 0 Å². The van der Waals surface area contributed by atoms with Crippen molar-refractivity contribution in [3.05, 3.63) is 35.1 Å². The summed E-state index contributed by atoms with van der Waals surface area (Å²) in [4.78, 5) is 12.0. The fourth-order valence-electron chi connectivity index (χ4n) is 1.67. The minimum absolute atomic E-state index is 0.145. The third-order valence-electron chi connectivity index (χ3n) is 2.57. The fraction of sp³-hybridized carbons (Fsp3) is 0.500. The molecule has 0 aromatic heterocycles. The van der Waals surface area contributed by atoms with E-state index in [1.165, 1.54) is 12.1 Å². The molecule has 0 bridgehead atoms. The molecule has 1 aromatic rings. The van der Waals surface area contributed by atoms with Crippen molar-refractivity contribution in [1.82, 2.24) is 0 Å². The maximum Gasteiger partial charge on any atom is 0.218 e. The van der Waals surface area contributed by atoms with E-state index in [1.54, 1.807) is 13.0 Å². The number of ketones is 1. The molecule has 0 aliphatic rings. The maximum atomic E-state index is 13.0. The van der Waals surface area contributed by atoms with Crippen LogP contribution in [-0.4, -0.2) is 25.3 Å². The van der Waals surface area contributed by atoms with Crippen molar-refractivity contribution >= 4 is 5.78 Å². The molecule has 0 aliphatic carbocycles. The molecule has 0 heterocycles. The van der Waals surface area contributed by atoms with Crippen LogP contribution in [-0.2, 0) is 20.7 Å². The highest BCUT2D eigenvalue weighted by atomic mass is 19.1. The van der Waals surface area contributed by atoms with Gasteiger partial charge < -0.3 is 9.47 Å². The first-order chi connectivity index (χ1) is 8.58. The molecule has 1 rings (SSSR count). The van der Waals surface area contributed by atoms with Gasteiger partial charge in [0.15, 0.2) is 5.78 Å². The van der Waals surface area contributed by atoms with Crippen LogP contribution >= 0.6 is 0 Å². The Balaban J connectivity index is 2.72. The van der Waals surface area contributed by atoms with Crippen LogP contribution in [0.2, 0.25) is 0 Å². The molecule has 100 valence electrons. The van der Waals surface area contributed by atoms with Gasteiger partial charge in [-0.25, -0.2) is 4.39 Å². The van der Waals surface area contributed by atoms with E-state index >= 15 is 0 Å². The highest BCUT2D eigenvalue weighted by Crippen LogP contribution is 2.13. The smallest absolute Gasteiger partial charge is 0.218 e. The highest BCUT2D eigenvalue weighted by Gasteiger charge is 2.19. The molecule has 0 amide bonds. The molecule has 0 saturated heterocycles. The topological polar surface area (TPSA) is 35.5 Å². The van der Waals surface area contributed by atoms with E-state index in [-0.39, 0.29) is 18.0 Å². The Morgan fingerprint density at radius 2 is 1.89 bits per heavy atom. The van der Waals surface area contributed by atoms with Crippen molar-refractivity contribution < 1.29 is 18.7 Å². The Morgan fingerprint density at radius 1 is 1.28 bits per heavy atom. The molecule has 0 aliphatic heterocycles. The van der Waals surface area contributed by atoms with Crippen LogP contribution in [0.1, 0.15) is 25.0 Å². The summed E-state index contributed by atoms with van der Waals surface area (Å²) in [6.07, 6.45) is -0.638. The number of rotatable bonds is 7. The van der Waals surface area contributed by atoms with Crippen molar-refractivity contribution in [2.45, 2.75) is 33.5 Å². The largest absolute Gasteiger partial charge is 0.346 e. The number of hydrogen-bond donors (Lipinski definition) is 0. The normalized spacial score (nSPS) is 10.9. The maximum absolute atomic E-state index is 13.0. The zero-order valence-corrected chi connectivity index (χ0v) is 11.0. The second-order valence-electron chi connectivity index (χ2n) is 3.96. The second-order valence-corrected chi connectivity index (χ2v) is 3.96. The van der Waals surface area contributed by atoms with Crippen molar-refractivity contribution in [1.29, 1.82) is 0 Å². The lowest BCUT2D eigenvalue weighted by atomic mass is 10.0. The summed E-state index contributed by atoms with van der Waals surface area (Å²) in [5, 5.41) is 0. The van der Waals surface area contributed by atoms with Crippen molar-refractivity contribution in [3.8, 4) is 0 Å². The number of aryl methyl sites for hydroxylation is 1. The van der Waals surface area contributed by atoms with Crippen LogP contribution in [0.5, 0.6) is 0 Å².